The van der Waals surface area contributed by atoms with Gasteiger partial charge in [-0.2, -0.15) is 10.4 Å². The molecule has 0 spiro atoms. The van der Waals surface area contributed by atoms with E-state index < -0.39 is 0 Å². The Morgan fingerprint density at radius 1 is 1.27 bits per heavy atom. The molecule has 0 amide bonds. The molecule has 6 nitrogen and oxygen atoms in total. The lowest BCUT2D eigenvalue weighted by Crippen LogP contribution is -2.04. The van der Waals surface area contributed by atoms with E-state index in [0.29, 0.717) is 24.5 Å². The maximum atomic E-state index is 9.18. The monoisotopic (exact) mass is 294 g/mol. The van der Waals surface area contributed by atoms with Gasteiger partial charge in [0.1, 0.15) is 12.4 Å². The summed E-state index contributed by atoms with van der Waals surface area (Å²) < 4.78 is 12.3. The summed E-state index contributed by atoms with van der Waals surface area (Å²) in [6.07, 6.45) is 3.52. The van der Waals surface area contributed by atoms with Crippen molar-refractivity contribution < 1.29 is 9.47 Å². The second kappa shape index (κ2) is 6.24. The number of aromatic nitrogens is 3. The molecule has 0 fully saturated rings. The fourth-order valence-corrected chi connectivity index (χ4v) is 2.11. The fourth-order valence-electron chi connectivity index (χ4n) is 2.11. The lowest BCUT2D eigenvalue weighted by atomic mass is 10.1. The van der Waals surface area contributed by atoms with Crippen LogP contribution in [-0.4, -0.2) is 34.9 Å². The Balaban J connectivity index is 1.98. The maximum Gasteiger partial charge on any atom is 0.154 e. The molecule has 0 aliphatic rings. The Morgan fingerprint density at radius 3 is 2.95 bits per heavy atom. The Kier molecular flexibility index (Phi) is 3.99. The predicted molar refractivity (Wildman–Crippen MR) is 80.5 cm³/mol. The molecular weight excluding hydrogens is 280 g/mol. The standard InChI is InChI=1S/C16H14N4O2/c1-21-5-6-22-14-8-12(10-17)7-13(9-14)15-11-20-16(19-15)3-2-4-18-20/h2-4,7-9,11H,5-6H2,1H3. The molecule has 2 heterocycles. The van der Waals surface area contributed by atoms with Crippen molar-refractivity contribution in [3.63, 3.8) is 0 Å². The Bertz CT molecular complexity index is 803. The average molecular weight is 294 g/mol. The van der Waals surface area contributed by atoms with Crippen molar-refractivity contribution >= 4 is 5.65 Å². The summed E-state index contributed by atoms with van der Waals surface area (Å²) in [5.74, 6) is 0.621. The molecule has 3 aromatic rings. The minimum Gasteiger partial charge on any atom is -0.491 e. The van der Waals surface area contributed by atoms with Crippen molar-refractivity contribution in [2.45, 2.75) is 0 Å². The van der Waals surface area contributed by atoms with Crippen LogP contribution in [0.15, 0.2) is 42.7 Å². The van der Waals surface area contributed by atoms with Crippen molar-refractivity contribution in [3.05, 3.63) is 48.3 Å². The van der Waals surface area contributed by atoms with Gasteiger partial charge in [0.05, 0.1) is 30.1 Å². The first-order valence-electron chi connectivity index (χ1n) is 6.78. The van der Waals surface area contributed by atoms with E-state index >= 15 is 0 Å². The molecule has 0 saturated heterocycles. The van der Waals surface area contributed by atoms with Gasteiger partial charge in [-0.1, -0.05) is 0 Å². The topological polar surface area (TPSA) is 72.4 Å². The van der Waals surface area contributed by atoms with Gasteiger partial charge in [0.15, 0.2) is 5.65 Å². The van der Waals surface area contributed by atoms with Crippen LogP contribution in [0.2, 0.25) is 0 Å². The number of imidazole rings is 1. The SMILES string of the molecule is COCCOc1cc(C#N)cc(-c2cn3ncccc3n2)c1. The molecule has 3 rings (SSSR count). The molecule has 0 saturated carbocycles. The summed E-state index contributed by atoms with van der Waals surface area (Å²) in [5.41, 5.74) is 2.83. The second-order valence-electron chi connectivity index (χ2n) is 4.65. The number of hydrogen-bond donors (Lipinski definition) is 0. The van der Waals surface area contributed by atoms with Gasteiger partial charge in [0.25, 0.3) is 0 Å². The number of ether oxygens (including phenoxy) is 2. The molecule has 0 unspecified atom stereocenters. The summed E-state index contributed by atoms with van der Waals surface area (Å²) >= 11 is 0. The van der Waals surface area contributed by atoms with E-state index in [1.807, 2.05) is 24.4 Å². The first kappa shape index (κ1) is 14.0. The van der Waals surface area contributed by atoms with Gasteiger partial charge in [-0.05, 0) is 30.3 Å². The van der Waals surface area contributed by atoms with E-state index in [1.165, 1.54) is 0 Å². The normalized spacial score (nSPS) is 10.5. The van der Waals surface area contributed by atoms with Crippen LogP contribution in [0.3, 0.4) is 0 Å². The van der Waals surface area contributed by atoms with Gasteiger partial charge >= 0.3 is 0 Å². The van der Waals surface area contributed by atoms with E-state index in [0.717, 1.165) is 16.9 Å². The smallest absolute Gasteiger partial charge is 0.154 e. The molecule has 22 heavy (non-hydrogen) atoms. The van der Waals surface area contributed by atoms with Crippen LogP contribution in [0.4, 0.5) is 0 Å². The molecule has 6 heteroatoms. The van der Waals surface area contributed by atoms with Crippen LogP contribution in [-0.2, 0) is 4.74 Å². The minimum atomic E-state index is 0.428. The van der Waals surface area contributed by atoms with Crippen molar-refractivity contribution in [1.29, 1.82) is 5.26 Å². The highest BCUT2D eigenvalue weighted by molar-refractivity contribution is 5.66. The number of nitrogens with zero attached hydrogens (tertiary/aromatic N) is 4. The van der Waals surface area contributed by atoms with Gasteiger partial charge < -0.3 is 9.47 Å². The zero-order chi connectivity index (χ0) is 15.4. The summed E-state index contributed by atoms with van der Waals surface area (Å²) in [7, 11) is 1.62. The second-order valence-corrected chi connectivity index (χ2v) is 4.65. The summed E-state index contributed by atoms with van der Waals surface area (Å²) in [4.78, 5) is 4.51. The third kappa shape index (κ3) is 2.90. The summed E-state index contributed by atoms with van der Waals surface area (Å²) in [5, 5.41) is 13.4. The van der Waals surface area contributed by atoms with Gasteiger partial charge in [0, 0.05) is 18.9 Å². The van der Waals surface area contributed by atoms with Crippen molar-refractivity contribution in [3.8, 4) is 23.1 Å². The number of nitriles is 1. The molecule has 0 aliphatic carbocycles. The number of fused-ring (bicyclic) bond motifs is 1. The van der Waals surface area contributed by atoms with E-state index in [2.05, 4.69) is 16.2 Å². The minimum absolute atomic E-state index is 0.428. The zero-order valence-corrected chi connectivity index (χ0v) is 12.1. The van der Waals surface area contributed by atoms with E-state index in [4.69, 9.17) is 9.47 Å². The van der Waals surface area contributed by atoms with E-state index in [1.54, 1.807) is 30.0 Å². The average Bonchev–Trinajstić information content (AvgIpc) is 2.99. The highest BCUT2D eigenvalue weighted by Gasteiger charge is 2.08. The van der Waals surface area contributed by atoms with Crippen molar-refractivity contribution in [1.82, 2.24) is 14.6 Å². The van der Waals surface area contributed by atoms with Crippen molar-refractivity contribution in [2.24, 2.45) is 0 Å². The quantitative estimate of drug-likeness (QED) is 0.675. The Labute approximate surface area is 127 Å². The number of benzene rings is 1. The zero-order valence-electron chi connectivity index (χ0n) is 12.1. The van der Waals surface area contributed by atoms with Crippen LogP contribution in [0.5, 0.6) is 5.75 Å². The molecular formula is C16H14N4O2. The molecule has 0 bridgehead atoms. The lowest BCUT2D eigenvalue weighted by Gasteiger charge is -2.07. The summed E-state index contributed by atoms with van der Waals surface area (Å²) in [6.45, 7) is 0.919. The maximum absolute atomic E-state index is 9.18. The number of rotatable bonds is 5. The number of methoxy groups -OCH3 is 1. The molecule has 1 aromatic carbocycles. The Hall–Kier alpha value is -2.91. The largest absolute Gasteiger partial charge is 0.491 e. The number of hydrogen-bond acceptors (Lipinski definition) is 5. The van der Waals surface area contributed by atoms with Crippen molar-refractivity contribution in [2.75, 3.05) is 20.3 Å². The lowest BCUT2D eigenvalue weighted by molar-refractivity contribution is 0.146. The van der Waals surface area contributed by atoms with Gasteiger partial charge in [-0.3, -0.25) is 0 Å². The Morgan fingerprint density at radius 2 is 2.18 bits per heavy atom. The summed E-state index contributed by atoms with van der Waals surface area (Å²) in [6, 6.07) is 11.2. The van der Waals surface area contributed by atoms with E-state index in [9.17, 15) is 5.26 Å². The molecule has 2 aromatic heterocycles. The molecule has 0 aliphatic heterocycles. The molecule has 0 N–H and O–H groups in total. The molecule has 0 atom stereocenters. The fraction of sp³-hybridized carbons (Fsp3) is 0.188. The highest BCUT2D eigenvalue weighted by atomic mass is 16.5. The first-order valence-corrected chi connectivity index (χ1v) is 6.78. The molecule has 110 valence electrons. The van der Waals surface area contributed by atoms with Crippen LogP contribution < -0.4 is 4.74 Å². The van der Waals surface area contributed by atoms with Gasteiger partial charge in [-0.15, -0.1) is 0 Å². The van der Waals surface area contributed by atoms with Gasteiger partial charge in [0.2, 0.25) is 0 Å². The first-order chi connectivity index (χ1) is 10.8. The molecule has 0 radical (unpaired) electrons. The predicted octanol–water partition coefficient (Wildman–Crippen LogP) is 2.29. The highest BCUT2D eigenvalue weighted by Crippen LogP contribution is 2.25. The van der Waals surface area contributed by atoms with Crippen LogP contribution in [0.1, 0.15) is 5.56 Å². The van der Waals surface area contributed by atoms with Crippen LogP contribution >= 0.6 is 0 Å². The van der Waals surface area contributed by atoms with E-state index in [-0.39, 0.29) is 0 Å². The van der Waals surface area contributed by atoms with Crippen LogP contribution in [0.25, 0.3) is 16.9 Å². The third-order valence-corrected chi connectivity index (χ3v) is 3.12. The van der Waals surface area contributed by atoms with Gasteiger partial charge in [-0.25, -0.2) is 9.50 Å². The van der Waals surface area contributed by atoms with Crippen LogP contribution in [0, 0.1) is 11.3 Å². The third-order valence-electron chi connectivity index (χ3n) is 3.12.